The molecule has 1 heteroatoms. The third kappa shape index (κ3) is 2.57. The Balaban J connectivity index is 2.38. The first-order valence-corrected chi connectivity index (χ1v) is 4.80. The Morgan fingerprint density at radius 3 is 2.55 bits per heavy atom. The fourth-order valence-electron chi connectivity index (χ4n) is 1.84. The Bertz CT molecular complexity index is 132. The van der Waals surface area contributed by atoms with Gasteiger partial charge in [-0.15, -0.1) is 0 Å². The van der Waals surface area contributed by atoms with E-state index in [0.717, 1.165) is 12.1 Å². The second-order valence-corrected chi connectivity index (χ2v) is 3.45. The second kappa shape index (κ2) is 4.42. The largest absolute Gasteiger partial charge is 0.402 e. The number of hydrogen-bond acceptors (Lipinski definition) is 1. The molecule has 1 rings (SSSR count). The lowest BCUT2D eigenvalue weighted by atomic mass is 9.87. The molecule has 11 heavy (non-hydrogen) atoms. The summed E-state index contributed by atoms with van der Waals surface area (Å²) in [6.07, 6.45) is 10.1. The summed E-state index contributed by atoms with van der Waals surface area (Å²) in [4.78, 5) is 0. The maximum absolute atomic E-state index is 5.92. The van der Waals surface area contributed by atoms with Crippen LogP contribution in [-0.2, 0) is 0 Å². The highest BCUT2D eigenvalue weighted by Crippen LogP contribution is 2.27. The van der Waals surface area contributed by atoms with Gasteiger partial charge in [0.2, 0.25) is 0 Å². The molecule has 1 nitrogen and oxygen atoms in total. The lowest BCUT2D eigenvalue weighted by Gasteiger charge is -2.21. The summed E-state index contributed by atoms with van der Waals surface area (Å²) < 4.78 is 0. The Kier molecular flexibility index (Phi) is 3.47. The molecule has 0 heterocycles. The van der Waals surface area contributed by atoms with E-state index < -0.39 is 0 Å². The average molecular weight is 153 g/mol. The average Bonchev–Trinajstić information content (AvgIpc) is 2.07. The van der Waals surface area contributed by atoms with Gasteiger partial charge in [-0.25, -0.2) is 0 Å². The molecule has 0 saturated heterocycles. The maximum atomic E-state index is 5.92. The highest BCUT2D eigenvalue weighted by molar-refractivity contribution is 5.02. The van der Waals surface area contributed by atoms with Gasteiger partial charge < -0.3 is 5.73 Å². The predicted molar refractivity (Wildman–Crippen MR) is 49.1 cm³/mol. The van der Waals surface area contributed by atoms with Crippen molar-refractivity contribution in [3.63, 3.8) is 0 Å². The van der Waals surface area contributed by atoms with Crippen molar-refractivity contribution in [3.8, 4) is 0 Å². The topological polar surface area (TPSA) is 26.0 Å². The van der Waals surface area contributed by atoms with Crippen molar-refractivity contribution in [1.29, 1.82) is 0 Å². The molecule has 1 aliphatic rings. The number of nitrogens with two attached hydrogens (primary N) is 1. The van der Waals surface area contributed by atoms with Crippen molar-refractivity contribution in [2.45, 2.75) is 45.4 Å². The van der Waals surface area contributed by atoms with Crippen LogP contribution in [0.15, 0.2) is 11.8 Å². The molecular formula is C10H19N. The summed E-state index contributed by atoms with van der Waals surface area (Å²) in [5.41, 5.74) is 7.07. The lowest BCUT2D eigenvalue weighted by molar-refractivity contribution is 0.399. The van der Waals surface area contributed by atoms with E-state index in [-0.39, 0.29) is 0 Å². The van der Waals surface area contributed by atoms with Crippen molar-refractivity contribution in [2.24, 2.45) is 11.7 Å². The van der Waals surface area contributed by atoms with Gasteiger partial charge in [-0.05, 0) is 25.2 Å². The number of allylic oxidation sites excluding steroid dienone is 2. The smallest absolute Gasteiger partial charge is 0.00713 e. The molecule has 0 aliphatic heterocycles. The normalized spacial score (nSPS) is 22.1. The summed E-state index contributed by atoms with van der Waals surface area (Å²) in [6.45, 7) is 2.15. The predicted octanol–water partition coefficient (Wildman–Crippen LogP) is 2.82. The van der Waals surface area contributed by atoms with Crippen LogP contribution in [0, 0.1) is 5.92 Å². The van der Waals surface area contributed by atoms with Crippen molar-refractivity contribution in [3.05, 3.63) is 11.8 Å². The van der Waals surface area contributed by atoms with E-state index in [0.29, 0.717) is 5.92 Å². The van der Waals surface area contributed by atoms with E-state index >= 15 is 0 Å². The molecule has 1 saturated carbocycles. The number of rotatable bonds is 2. The van der Waals surface area contributed by atoms with E-state index in [1.807, 2.05) is 0 Å². The standard InChI is InChI=1S/C10H19N/c1-2-6-10(11)9-7-4-3-5-8-9/h6,9H,2-5,7-8,11H2,1H3. The van der Waals surface area contributed by atoms with Gasteiger partial charge in [0.05, 0.1) is 0 Å². The van der Waals surface area contributed by atoms with Crippen molar-refractivity contribution < 1.29 is 0 Å². The molecule has 0 aromatic carbocycles. The van der Waals surface area contributed by atoms with E-state index in [4.69, 9.17) is 5.73 Å². The summed E-state index contributed by atoms with van der Waals surface area (Å²) in [6, 6.07) is 0. The molecular weight excluding hydrogens is 134 g/mol. The van der Waals surface area contributed by atoms with Gasteiger partial charge in [0.25, 0.3) is 0 Å². The van der Waals surface area contributed by atoms with Gasteiger partial charge in [0.1, 0.15) is 0 Å². The van der Waals surface area contributed by atoms with E-state index in [9.17, 15) is 0 Å². The van der Waals surface area contributed by atoms with Crippen LogP contribution in [0.2, 0.25) is 0 Å². The fourth-order valence-corrected chi connectivity index (χ4v) is 1.84. The van der Waals surface area contributed by atoms with Gasteiger partial charge in [0.15, 0.2) is 0 Å². The Labute approximate surface area is 69.7 Å². The van der Waals surface area contributed by atoms with Crippen molar-refractivity contribution >= 4 is 0 Å². The van der Waals surface area contributed by atoms with Gasteiger partial charge in [0, 0.05) is 5.70 Å². The van der Waals surface area contributed by atoms with Gasteiger partial charge in [-0.1, -0.05) is 32.3 Å². The summed E-state index contributed by atoms with van der Waals surface area (Å²) in [5, 5.41) is 0. The summed E-state index contributed by atoms with van der Waals surface area (Å²) in [7, 11) is 0. The zero-order valence-electron chi connectivity index (χ0n) is 7.47. The fraction of sp³-hybridized carbons (Fsp3) is 0.800. The third-order valence-corrected chi connectivity index (χ3v) is 2.52. The zero-order chi connectivity index (χ0) is 8.10. The first-order valence-electron chi connectivity index (χ1n) is 4.80. The maximum Gasteiger partial charge on any atom is 0.00713 e. The van der Waals surface area contributed by atoms with Crippen molar-refractivity contribution in [1.82, 2.24) is 0 Å². The molecule has 0 spiro atoms. The Morgan fingerprint density at radius 2 is 2.00 bits per heavy atom. The van der Waals surface area contributed by atoms with E-state index in [1.165, 1.54) is 32.1 Å². The minimum atomic E-state index is 0.712. The van der Waals surface area contributed by atoms with Crippen molar-refractivity contribution in [2.75, 3.05) is 0 Å². The highest BCUT2D eigenvalue weighted by Gasteiger charge is 2.14. The molecule has 64 valence electrons. The monoisotopic (exact) mass is 153 g/mol. The van der Waals surface area contributed by atoms with Crippen LogP contribution in [0.3, 0.4) is 0 Å². The first-order chi connectivity index (χ1) is 5.34. The molecule has 0 amide bonds. The zero-order valence-corrected chi connectivity index (χ0v) is 7.47. The first kappa shape index (κ1) is 8.63. The quantitative estimate of drug-likeness (QED) is 0.648. The van der Waals surface area contributed by atoms with E-state index in [1.54, 1.807) is 0 Å². The molecule has 0 atom stereocenters. The highest BCUT2D eigenvalue weighted by atomic mass is 14.6. The summed E-state index contributed by atoms with van der Waals surface area (Å²) in [5.74, 6) is 0.712. The number of hydrogen-bond donors (Lipinski definition) is 1. The molecule has 0 aromatic rings. The van der Waals surface area contributed by atoms with Crippen LogP contribution in [0.5, 0.6) is 0 Å². The minimum absolute atomic E-state index is 0.712. The second-order valence-electron chi connectivity index (χ2n) is 3.45. The van der Waals surface area contributed by atoms with Crippen LogP contribution in [0.25, 0.3) is 0 Å². The van der Waals surface area contributed by atoms with Crippen LogP contribution >= 0.6 is 0 Å². The Hall–Kier alpha value is -0.460. The van der Waals surface area contributed by atoms with Gasteiger partial charge >= 0.3 is 0 Å². The lowest BCUT2D eigenvalue weighted by Crippen LogP contribution is -2.15. The molecule has 0 radical (unpaired) electrons. The summed E-state index contributed by atoms with van der Waals surface area (Å²) >= 11 is 0. The minimum Gasteiger partial charge on any atom is -0.402 e. The van der Waals surface area contributed by atoms with Gasteiger partial charge in [-0.3, -0.25) is 0 Å². The van der Waals surface area contributed by atoms with Crippen LogP contribution < -0.4 is 5.73 Å². The van der Waals surface area contributed by atoms with Crippen LogP contribution in [0.4, 0.5) is 0 Å². The van der Waals surface area contributed by atoms with Gasteiger partial charge in [-0.2, -0.15) is 0 Å². The molecule has 2 N–H and O–H groups in total. The molecule has 0 bridgehead atoms. The molecule has 1 aliphatic carbocycles. The van der Waals surface area contributed by atoms with Crippen LogP contribution in [0.1, 0.15) is 45.4 Å². The molecule has 1 fully saturated rings. The molecule has 0 unspecified atom stereocenters. The van der Waals surface area contributed by atoms with E-state index in [2.05, 4.69) is 13.0 Å². The Morgan fingerprint density at radius 1 is 1.36 bits per heavy atom. The SMILES string of the molecule is CCC=C(N)C1CCCCC1. The molecule has 0 aromatic heterocycles. The third-order valence-electron chi connectivity index (χ3n) is 2.52. The van der Waals surface area contributed by atoms with Crippen LogP contribution in [-0.4, -0.2) is 0 Å².